The molecule has 208 valence electrons. The molecule has 1 heterocycles. The van der Waals surface area contributed by atoms with Crippen LogP contribution in [0.2, 0.25) is 0 Å². The molecule has 1 aliphatic heterocycles. The molecule has 0 unspecified atom stereocenters. The third-order valence-corrected chi connectivity index (χ3v) is 6.96. The summed E-state index contributed by atoms with van der Waals surface area (Å²) in [6.07, 6.45) is 4.28. The molecule has 0 radical (unpaired) electrons. The number of nitrogens with zero attached hydrogens (tertiary/aromatic N) is 4. The summed E-state index contributed by atoms with van der Waals surface area (Å²) in [5.41, 5.74) is 2.15. The minimum Gasteiger partial charge on any atom is -0.496 e. The number of rotatable bonds is 11. The average molecular weight is 543 g/mol. The van der Waals surface area contributed by atoms with Gasteiger partial charge in [0.05, 0.1) is 18.5 Å². The number of hydrogen-bond acceptors (Lipinski definition) is 6. The molecule has 1 aliphatic rings. The van der Waals surface area contributed by atoms with Gasteiger partial charge in [-0.25, -0.2) is 0 Å². The molecule has 0 saturated carbocycles. The van der Waals surface area contributed by atoms with Gasteiger partial charge in [0.25, 0.3) is 11.6 Å². The first-order valence-electron chi connectivity index (χ1n) is 13.3. The van der Waals surface area contributed by atoms with Crippen molar-refractivity contribution in [3.05, 3.63) is 112 Å². The summed E-state index contributed by atoms with van der Waals surface area (Å²) in [6.45, 7) is 4.08. The van der Waals surface area contributed by atoms with Crippen molar-refractivity contribution in [1.29, 1.82) is 0 Å². The highest BCUT2D eigenvalue weighted by atomic mass is 16.6. The molecule has 9 nitrogen and oxygen atoms in total. The number of amides is 2. The van der Waals surface area contributed by atoms with Crippen molar-refractivity contribution >= 4 is 23.6 Å². The van der Waals surface area contributed by atoms with Crippen molar-refractivity contribution in [3.8, 4) is 5.75 Å². The number of carbonyl (C=O) groups is 2. The molecule has 3 aromatic rings. The normalized spacial score (nSPS) is 13.8. The minimum atomic E-state index is -0.495. The van der Waals surface area contributed by atoms with E-state index in [9.17, 15) is 19.7 Å². The topological polar surface area (TPSA) is 96.2 Å². The molecular weight excluding hydrogens is 508 g/mol. The summed E-state index contributed by atoms with van der Waals surface area (Å²) in [6, 6.07) is 23.3. The van der Waals surface area contributed by atoms with Crippen LogP contribution in [0.25, 0.3) is 6.08 Å². The number of carbonyl (C=O) groups excluding carboxylic acids is 2. The van der Waals surface area contributed by atoms with Crippen LogP contribution in [0.4, 0.5) is 5.69 Å². The maximum Gasteiger partial charge on any atom is 0.270 e. The van der Waals surface area contributed by atoms with Gasteiger partial charge in [-0.2, -0.15) is 0 Å². The van der Waals surface area contributed by atoms with Gasteiger partial charge in [0.15, 0.2) is 0 Å². The van der Waals surface area contributed by atoms with Gasteiger partial charge in [0, 0.05) is 69.1 Å². The van der Waals surface area contributed by atoms with E-state index < -0.39 is 4.92 Å². The third kappa shape index (κ3) is 7.77. The quantitative estimate of drug-likeness (QED) is 0.267. The van der Waals surface area contributed by atoms with Crippen molar-refractivity contribution < 1.29 is 19.2 Å². The molecule has 1 fully saturated rings. The lowest BCUT2D eigenvalue weighted by atomic mass is 10.1. The monoisotopic (exact) mass is 542 g/mol. The lowest BCUT2D eigenvalue weighted by Gasteiger charge is -2.35. The zero-order valence-corrected chi connectivity index (χ0v) is 22.6. The van der Waals surface area contributed by atoms with E-state index in [1.54, 1.807) is 18.1 Å². The van der Waals surface area contributed by atoms with Gasteiger partial charge >= 0.3 is 0 Å². The van der Waals surface area contributed by atoms with Gasteiger partial charge < -0.3 is 14.5 Å². The molecule has 2 amide bonds. The van der Waals surface area contributed by atoms with E-state index in [-0.39, 0.29) is 17.5 Å². The first-order chi connectivity index (χ1) is 19.4. The van der Waals surface area contributed by atoms with Gasteiger partial charge in [-0.3, -0.25) is 24.6 Å². The van der Waals surface area contributed by atoms with Crippen LogP contribution < -0.4 is 4.74 Å². The lowest BCUT2D eigenvalue weighted by Crippen LogP contribution is -2.50. The van der Waals surface area contributed by atoms with E-state index in [0.29, 0.717) is 57.8 Å². The Balaban J connectivity index is 1.35. The third-order valence-electron chi connectivity index (χ3n) is 6.96. The molecule has 0 aromatic heterocycles. The number of para-hydroxylation sites is 1. The molecule has 0 bridgehead atoms. The number of benzene rings is 3. The Kier molecular flexibility index (Phi) is 10.0. The summed E-state index contributed by atoms with van der Waals surface area (Å²) in [5, 5.41) is 11.1. The molecule has 0 N–H and O–H groups in total. The lowest BCUT2D eigenvalue weighted by molar-refractivity contribution is -0.384. The van der Waals surface area contributed by atoms with E-state index in [4.69, 9.17) is 4.74 Å². The van der Waals surface area contributed by atoms with E-state index in [1.807, 2.05) is 71.6 Å². The van der Waals surface area contributed by atoms with Crippen LogP contribution in [-0.4, -0.2) is 84.4 Å². The van der Waals surface area contributed by atoms with Crippen LogP contribution in [0.15, 0.2) is 84.9 Å². The van der Waals surface area contributed by atoms with Crippen molar-refractivity contribution in [2.45, 2.75) is 6.42 Å². The predicted molar refractivity (Wildman–Crippen MR) is 154 cm³/mol. The van der Waals surface area contributed by atoms with Gasteiger partial charge in [0.2, 0.25) is 5.91 Å². The number of methoxy groups -OCH3 is 1. The maximum atomic E-state index is 13.3. The summed E-state index contributed by atoms with van der Waals surface area (Å²) in [5.74, 6) is 0.623. The summed E-state index contributed by atoms with van der Waals surface area (Å²) in [4.78, 5) is 42.6. The molecule has 1 saturated heterocycles. The Hall–Kier alpha value is -4.50. The van der Waals surface area contributed by atoms with Gasteiger partial charge in [-0.15, -0.1) is 0 Å². The molecule has 9 heteroatoms. The van der Waals surface area contributed by atoms with Crippen molar-refractivity contribution in [1.82, 2.24) is 14.7 Å². The number of nitro benzene ring substituents is 1. The molecular formula is C31H34N4O5. The summed E-state index contributed by atoms with van der Waals surface area (Å²) < 4.78 is 5.43. The number of ether oxygens (including phenoxy) is 1. The van der Waals surface area contributed by atoms with Gasteiger partial charge in [-0.1, -0.05) is 66.7 Å². The van der Waals surface area contributed by atoms with Gasteiger partial charge in [-0.05, 0) is 17.7 Å². The van der Waals surface area contributed by atoms with E-state index in [0.717, 1.165) is 16.9 Å². The van der Waals surface area contributed by atoms with Crippen LogP contribution in [0.3, 0.4) is 0 Å². The number of piperazine rings is 1. The number of nitro groups is 1. The highest BCUT2D eigenvalue weighted by Crippen LogP contribution is 2.19. The minimum absolute atomic E-state index is 0.0513. The van der Waals surface area contributed by atoms with Crippen LogP contribution in [0.1, 0.15) is 21.5 Å². The van der Waals surface area contributed by atoms with E-state index in [2.05, 4.69) is 4.90 Å². The fourth-order valence-electron chi connectivity index (χ4n) is 4.68. The Bertz CT molecular complexity index is 1340. The smallest absolute Gasteiger partial charge is 0.270 e. The number of hydrogen-bond donors (Lipinski definition) is 0. The van der Waals surface area contributed by atoms with E-state index >= 15 is 0 Å². The SMILES string of the molecule is COc1ccccc1/C=C/CN(CCN1CCN(C(=O)c2cccc([N+](=O)[O-])c2)CC1)C(=O)Cc1ccccc1. The zero-order valence-electron chi connectivity index (χ0n) is 22.6. The second-order valence-corrected chi connectivity index (χ2v) is 9.59. The van der Waals surface area contributed by atoms with Crippen molar-refractivity contribution in [2.75, 3.05) is 52.9 Å². The highest BCUT2D eigenvalue weighted by molar-refractivity contribution is 5.94. The molecule has 3 aromatic carbocycles. The second kappa shape index (κ2) is 14.0. The van der Waals surface area contributed by atoms with Crippen LogP contribution >= 0.6 is 0 Å². The zero-order chi connectivity index (χ0) is 28.3. The first-order valence-corrected chi connectivity index (χ1v) is 13.3. The van der Waals surface area contributed by atoms with Crippen LogP contribution in [0.5, 0.6) is 5.75 Å². The van der Waals surface area contributed by atoms with Crippen LogP contribution in [-0.2, 0) is 11.2 Å². The maximum absolute atomic E-state index is 13.3. The molecule has 40 heavy (non-hydrogen) atoms. The van der Waals surface area contributed by atoms with Crippen molar-refractivity contribution in [2.24, 2.45) is 0 Å². The Labute approximate surface area is 234 Å². The van der Waals surface area contributed by atoms with Gasteiger partial charge in [0.1, 0.15) is 5.75 Å². The molecule has 0 aliphatic carbocycles. The standard InChI is InChI=1S/C31H34N4O5/c1-40-29-15-6-5-11-26(29)13-8-16-33(30(36)23-25-9-3-2-4-10-25)20-17-32-18-21-34(22-19-32)31(37)27-12-7-14-28(24-27)35(38)39/h2-15,24H,16-23H2,1H3/b13-8+. The Morgan fingerprint density at radius 3 is 2.42 bits per heavy atom. The predicted octanol–water partition coefficient (Wildman–Crippen LogP) is 4.15. The Morgan fingerprint density at radius 2 is 1.70 bits per heavy atom. The average Bonchev–Trinajstić information content (AvgIpc) is 2.99. The fourth-order valence-corrected chi connectivity index (χ4v) is 4.68. The molecule has 4 rings (SSSR count). The second-order valence-electron chi connectivity index (χ2n) is 9.59. The Morgan fingerprint density at radius 1 is 0.975 bits per heavy atom. The summed E-state index contributed by atoms with van der Waals surface area (Å²) in [7, 11) is 1.64. The molecule has 0 atom stereocenters. The van der Waals surface area contributed by atoms with Crippen LogP contribution in [0, 0.1) is 10.1 Å². The summed E-state index contributed by atoms with van der Waals surface area (Å²) >= 11 is 0. The number of non-ortho nitro benzene ring substituents is 1. The van der Waals surface area contributed by atoms with E-state index in [1.165, 1.54) is 18.2 Å². The van der Waals surface area contributed by atoms with Crippen molar-refractivity contribution in [3.63, 3.8) is 0 Å². The first kappa shape index (κ1) is 28.5. The highest BCUT2D eigenvalue weighted by Gasteiger charge is 2.24. The largest absolute Gasteiger partial charge is 0.496 e. The molecule has 0 spiro atoms. The fraction of sp³-hybridized carbons (Fsp3) is 0.290.